The molecule has 76 valence electrons. The van der Waals surface area contributed by atoms with E-state index in [1.807, 2.05) is 0 Å². The van der Waals surface area contributed by atoms with E-state index in [4.69, 9.17) is 5.26 Å². The van der Waals surface area contributed by atoms with Crippen LogP contribution in [0, 0.1) is 34.5 Å². The molecule has 2 saturated carbocycles. The van der Waals surface area contributed by atoms with Crippen molar-refractivity contribution < 1.29 is 0 Å². The van der Waals surface area contributed by atoms with Crippen LogP contribution in [-0.2, 0) is 0 Å². The van der Waals surface area contributed by atoms with E-state index in [0.717, 1.165) is 11.8 Å². The predicted molar refractivity (Wildman–Crippen MR) is 57.5 cm³/mol. The largest absolute Gasteiger partial charge is 0.198 e. The number of allylic oxidation sites excluding steroid dienone is 2. The van der Waals surface area contributed by atoms with Crippen LogP contribution in [0.15, 0.2) is 11.6 Å². The van der Waals surface area contributed by atoms with Gasteiger partial charge in [-0.2, -0.15) is 5.26 Å². The highest BCUT2D eigenvalue weighted by molar-refractivity contribution is 5.28. The standard InChI is InChI=1S/C13H19N/c1-9-6-7-11-12(13(11,2)3)10(9)5-4-8-14/h5,9,11-12H,4,6-7H2,1-3H3/t9-,11?,12+/m1/s1. The van der Waals surface area contributed by atoms with Crippen molar-refractivity contribution in [2.24, 2.45) is 23.2 Å². The van der Waals surface area contributed by atoms with Crippen LogP contribution >= 0.6 is 0 Å². The fraction of sp³-hybridized carbons (Fsp3) is 0.769. The minimum atomic E-state index is 0.520. The van der Waals surface area contributed by atoms with Crippen LogP contribution in [0.5, 0.6) is 0 Å². The smallest absolute Gasteiger partial charge is 0.0663 e. The maximum Gasteiger partial charge on any atom is 0.0663 e. The Labute approximate surface area is 86.8 Å². The molecule has 0 spiro atoms. The second kappa shape index (κ2) is 3.12. The third-order valence-electron chi connectivity index (χ3n) is 4.32. The van der Waals surface area contributed by atoms with Crippen molar-refractivity contribution in [2.45, 2.75) is 40.0 Å². The van der Waals surface area contributed by atoms with Crippen molar-refractivity contribution in [3.8, 4) is 6.07 Å². The van der Waals surface area contributed by atoms with Gasteiger partial charge in [0.2, 0.25) is 0 Å². The highest BCUT2D eigenvalue weighted by Gasteiger charge is 2.60. The van der Waals surface area contributed by atoms with Gasteiger partial charge >= 0.3 is 0 Å². The van der Waals surface area contributed by atoms with E-state index in [9.17, 15) is 0 Å². The Kier molecular flexibility index (Phi) is 2.18. The first-order valence-corrected chi connectivity index (χ1v) is 5.66. The molecular formula is C13H19N. The summed E-state index contributed by atoms with van der Waals surface area (Å²) in [6.07, 6.45) is 5.50. The van der Waals surface area contributed by atoms with Gasteiger partial charge in [-0.15, -0.1) is 0 Å². The summed E-state index contributed by atoms with van der Waals surface area (Å²) in [6, 6.07) is 2.23. The maximum absolute atomic E-state index is 8.62. The molecule has 0 radical (unpaired) electrons. The molecule has 1 nitrogen and oxygen atoms in total. The summed E-state index contributed by atoms with van der Waals surface area (Å²) in [5, 5.41) is 8.62. The molecule has 1 unspecified atom stereocenters. The summed E-state index contributed by atoms with van der Waals surface area (Å²) in [5.74, 6) is 2.41. The van der Waals surface area contributed by atoms with Gasteiger partial charge in [0.15, 0.2) is 0 Å². The molecule has 0 aliphatic heterocycles. The molecule has 0 N–H and O–H groups in total. The second-order valence-corrected chi connectivity index (χ2v) is 5.45. The van der Waals surface area contributed by atoms with Crippen molar-refractivity contribution in [3.63, 3.8) is 0 Å². The molecule has 0 saturated heterocycles. The van der Waals surface area contributed by atoms with Gasteiger partial charge in [0.25, 0.3) is 0 Å². The maximum atomic E-state index is 8.62. The van der Waals surface area contributed by atoms with Gasteiger partial charge in [0.05, 0.1) is 12.5 Å². The molecule has 2 aliphatic rings. The van der Waals surface area contributed by atoms with Crippen LogP contribution in [0.2, 0.25) is 0 Å². The monoisotopic (exact) mass is 189 g/mol. The van der Waals surface area contributed by atoms with Gasteiger partial charge in [-0.25, -0.2) is 0 Å². The third kappa shape index (κ3) is 1.29. The Morgan fingerprint density at radius 3 is 2.86 bits per heavy atom. The summed E-state index contributed by atoms with van der Waals surface area (Å²) < 4.78 is 0. The van der Waals surface area contributed by atoms with E-state index in [0.29, 0.717) is 17.8 Å². The minimum Gasteiger partial charge on any atom is -0.198 e. The number of rotatable bonds is 1. The molecule has 0 aromatic heterocycles. The Bertz CT molecular complexity index is 306. The second-order valence-electron chi connectivity index (χ2n) is 5.45. The van der Waals surface area contributed by atoms with Gasteiger partial charge in [0, 0.05) is 0 Å². The zero-order valence-electron chi connectivity index (χ0n) is 9.38. The fourth-order valence-electron chi connectivity index (χ4n) is 3.34. The summed E-state index contributed by atoms with van der Waals surface area (Å²) in [5.41, 5.74) is 2.10. The molecule has 0 aromatic rings. The predicted octanol–water partition coefficient (Wildman–Crippen LogP) is 3.53. The SMILES string of the molecule is C[C@@H]1CCC2[C@H](C1=CCC#N)C2(C)C. The Morgan fingerprint density at radius 2 is 2.21 bits per heavy atom. The molecule has 2 aliphatic carbocycles. The zero-order valence-corrected chi connectivity index (χ0v) is 9.38. The third-order valence-corrected chi connectivity index (χ3v) is 4.32. The minimum absolute atomic E-state index is 0.520. The average Bonchev–Trinajstić information content (AvgIpc) is 2.68. The lowest BCUT2D eigenvalue weighted by Crippen LogP contribution is -2.09. The van der Waals surface area contributed by atoms with E-state index < -0.39 is 0 Å². The van der Waals surface area contributed by atoms with Crippen LogP contribution in [0.25, 0.3) is 0 Å². The first kappa shape index (κ1) is 9.77. The van der Waals surface area contributed by atoms with Crippen molar-refractivity contribution in [1.82, 2.24) is 0 Å². The molecule has 0 heterocycles. The van der Waals surface area contributed by atoms with Gasteiger partial charge in [-0.05, 0) is 36.0 Å². The fourth-order valence-corrected chi connectivity index (χ4v) is 3.34. The molecule has 3 atom stereocenters. The lowest BCUT2D eigenvalue weighted by atomic mass is 9.85. The first-order valence-electron chi connectivity index (χ1n) is 5.66. The molecule has 0 aromatic carbocycles. The number of hydrogen-bond donors (Lipinski definition) is 0. The van der Waals surface area contributed by atoms with Crippen molar-refractivity contribution >= 4 is 0 Å². The van der Waals surface area contributed by atoms with Crippen molar-refractivity contribution in [3.05, 3.63) is 11.6 Å². The van der Waals surface area contributed by atoms with E-state index in [-0.39, 0.29) is 0 Å². The normalized spacial score (nSPS) is 41.6. The summed E-state index contributed by atoms with van der Waals surface area (Å²) in [6.45, 7) is 7.06. The highest BCUT2D eigenvalue weighted by Crippen LogP contribution is 2.67. The number of fused-ring (bicyclic) bond motifs is 1. The summed E-state index contributed by atoms with van der Waals surface area (Å²) in [4.78, 5) is 0. The molecule has 14 heavy (non-hydrogen) atoms. The van der Waals surface area contributed by atoms with Gasteiger partial charge < -0.3 is 0 Å². The summed E-state index contributed by atoms with van der Waals surface area (Å²) >= 11 is 0. The number of nitriles is 1. The van der Waals surface area contributed by atoms with Gasteiger partial charge in [-0.3, -0.25) is 0 Å². The molecule has 1 heteroatoms. The van der Waals surface area contributed by atoms with E-state index in [1.54, 1.807) is 5.57 Å². The first-order chi connectivity index (χ1) is 6.59. The molecule has 0 amide bonds. The van der Waals surface area contributed by atoms with Crippen LogP contribution in [0.1, 0.15) is 40.0 Å². The molecule has 2 fully saturated rings. The van der Waals surface area contributed by atoms with Crippen molar-refractivity contribution in [2.75, 3.05) is 0 Å². The highest BCUT2D eigenvalue weighted by atomic mass is 14.6. The van der Waals surface area contributed by atoms with E-state index >= 15 is 0 Å². The van der Waals surface area contributed by atoms with Crippen LogP contribution in [-0.4, -0.2) is 0 Å². The van der Waals surface area contributed by atoms with Crippen LogP contribution in [0.3, 0.4) is 0 Å². The van der Waals surface area contributed by atoms with Crippen LogP contribution < -0.4 is 0 Å². The lowest BCUT2D eigenvalue weighted by Gasteiger charge is -2.20. The van der Waals surface area contributed by atoms with Gasteiger partial charge in [-0.1, -0.05) is 32.4 Å². The molecule has 2 rings (SSSR count). The van der Waals surface area contributed by atoms with E-state index in [2.05, 4.69) is 32.9 Å². The quantitative estimate of drug-likeness (QED) is 0.579. The number of hydrogen-bond acceptors (Lipinski definition) is 1. The Hall–Kier alpha value is -0.770. The van der Waals surface area contributed by atoms with Gasteiger partial charge in [0.1, 0.15) is 0 Å². The van der Waals surface area contributed by atoms with Crippen LogP contribution in [0.4, 0.5) is 0 Å². The van der Waals surface area contributed by atoms with Crippen molar-refractivity contribution in [1.29, 1.82) is 5.26 Å². The number of nitrogens with zero attached hydrogens (tertiary/aromatic N) is 1. The van der Waals surface area contributed by atoms with E-state index in [1.165, 1.54) is 12.8 Å². The Balaban J connectivity index is 2.18. The average molecular weight is 189 g/mol. The Morgan fingerprint density at radius 1 is 1.50 bits per heavy atom. The zero-order chi connectivity index (χ0) is 10.3. The molecule has 0 bridgehead atoms. The molecular weight excluding hydrogens is 170 g/mol. The lowest BCUT2D eigenvalue weighted by molar-refractivity contribution is 0.459. The topological polar surface area (TPSA) is 23.8 Å². The summed E-state index contributed by atoms with van der Waals surface area (Å²) in [7, 11) is 0.